The van der Waals surface area contributed by atoms with Crippen molar-refractivity contribution in [3.63, 3.8) is 0 Å². The number of amides is 3. The molecule has 0 spiro atoms. The molecule has 0 N–H and O–H groups in total. The molecule has 2 heterocycles. The third-order valence-corrected chi connectivity index (χ3v) is 5.15. The number of hydrogen-bond donors (Lipinski definition) is 0. The molecule has 0 aromatic heterocycles. The maximum Gasteiger partial charge on any atom is 0.262 e. The van der Waals surface area contributed by atoms with Gasteiger partial charge in [0.2, 0.25) is 5.91 Å². The van der Waals surface area contributed by atoms with Crippen LogP contribution in [0.1, 0.15) is 26.3 Å². The Morgan fingerprint density at radius 2 is 1.33 bits per heavy atom. The Morgan fingerprint density at radius 1 is 0.778 bits per heavy atom. The summed E-state index contributed by atoms with van der Waals surface area (Å²) in [7, 11) is 0. The lowest BCUT2D eigenvalue weighted by Crippen LogP contribution is -2.51. The van der Waals surface area contributed by atoms with Gasteiger partial charge >= 0.3 is 0 Å². The van der Waals surface area contributed by atoms with Gasteiger partial charge in [-0.15, -0.1) is 0 Å². The first-order valence-corrected chi connectivity index (χ1v) is 9.13. The van der Waals surface area contributed by atoms with Gasteiger partial charge in [0.05, 0.1) is 11.1 Å². The maximum atomic E-state index is 12.6. The quantitative estimate of drug-likeness (QED) is 0.775. The van der Waals surface area contributed by atoms with Crippen molar-refractivity contribution < 1.29 is 14.4 Å². The largest absolute Gasteiger partial charge is 0.339 e. The van der Waals surface area contributed by atoms with Gasteiger partial charge in [-0.05, 0) is 17.7 Å². The lowest BCUT2D eigenvalue weighted by Gasteiger charge is -2.35. The molecule has 2 aliphatic rings. The Labute approximate surface area is 158 Å². The molecule has 27 heavy (non-hydrogen) atoms. The van der Waals surface area contributed by atoms with Crippen LogP contribution < -0.4 is 0 Å². The average Bonchev–Trinajstić information content (AvgIpc) is 2.94. The lowest BCUT2D eigenvalue weighted by molar-refractivity contribution is -0.133. The van der Waals surface area contributed by atoms with E-state index in [-0.39, 0.29) is 24.3 Å². The minimum atomic E-state index is -0.383. The number of fused-ring (bicyclic) bond motifs is 1. The minimum Gasteiger partial charge on any atom is -0.339 e. The van der Waals surface area contributed by atoms with E-state index >= 15 is 0 Å². The fourth-order valence-electron chi connectivity index (χ4n) is 3.61. The molecule has 1 saturated heterocycles. The van der Waals surface area contributed by atoms with Gasteiger partial charge in [-0.25, -0.2) is 0 Å². The van der Waals surface area contributed by atoms with Gasteiger partial charge in [0.25, 0.3) is 11.8 Å². The van der Waals surface area contributed by atoms with E-state index in [1.165, 1.54) is 5.56 Å². The molecule has 0 bridgehead atoms. The Bertz CT molecular complexity index is 838. The highest BCUT2D eigenvalue weighted by atomic mass is 16.2. The SMILES string of the molecule is O=C(CN1C(=O)c2ccccc2C1=O)N1CCN(Cc2ccccc2)CC1. The van der Waals surface area contributed by atoms with Crippen molar-refractivity contribution >= 4 is 17.7 Å². The fraction of sp³-hybridized carbons (Fsp3) is 0.286. The molecule has 2 aliphatic heterocycles. The molecule has 6 heteroatoms. The average molecular weight is 363 g/mol. The number of hydrogen-bond acceptors (Lipinski definition) is 4. The summed E-state index contributed by atoms with van der Waals surface area (Å²) < 4.78 is 0. The molecule has 4 rings (SSSR count). The van der Waals surface area contributed by atoms with Crippen LogP contribution in [0.5, 0.6) is 0 Å². The van der Waals surface area contributed by atoms with Crippen molar-refractivity contribution in [2.45, 2.75) is 6.54 Å². The van der Waals surface area contributed by atoms with Crippen LogP contribution in [-0.2, 0) is 11.3 Å². The summed E-state index contributed by atoms with van der Waals surface area (Å²) in [4.78, 5) is 42.5. The van der Waals surface area contributed by atoms with Crippen molar-refractivity contribution in [1.82, 2.24) is 14.7 Å². The van der Waals surface area contributed by atoms with Crippen molar-refractivity contribution in [1.29, 1.82) is 0 Å². The summed E-state index contributed by atoms with van der Waals surface area (Å²) in [5, 5.41) is 0. The van der Waals surface area contributed by atoms with Crippen LogP contribution in [0.2, 0.25) is 0 Å². The molecule has 6 nitrogen and oxygen atoms in total. The Hall–Kier alpha value is -2.99. The van der Waals surface area contributed by atoms with Crippen LogP contribution in [-0.4, -0.2) is 65.1 Å². The normalized spacial score (nSPS) is 17.3. The van der Waals surface area contributed by atoms with Crippen LogP contribution in [0.4, 0.5) is 0 Å². The van der Waals surface area contributed by atoms with Crippen molar-refractivity contribution in [2.75, 3.05) is 32.7 Å². The Morgan fingerprint density at radius 3 is 1.93 bits per heavy atom. The summed E-state index contributed by atoms with van der Waals surface area (Å²) in [6.45, 7) is 3.45. The first-order valence-electron chi connectivity index (χ1n) is 9.13. The maximum absolute atomic E-state index is 12.6. The van der Waals surface area contributed by atoms with Gasteiger partial charge in [0.1, 0.15) is 6.54 Å². The zero-order valence-electron chi connectivity index (χ0n) is 15.0. The van der Waals surface area contributed by atoms with E-state index < -0.39 is 0 Å². The number of imide groups is 1. The Balaban J connectivity index is 1.33. The van der Waals surface area contributed by atoms with Crippen LogP contribution in [0.3, 0.4) is 0 Å². The van der Waals surface area contributed by atoms with Crippen LogP contribution in [0.15, 0.2) is 54.6 Å². The van der Waals surface area contributed by atoms with Gasteiger partial charge < -0.3 is 4.90 Å². The number of carbonyl (C=O) groups is 3. The predicted octanol–water partition coefficient (Wildman–Crippen LogP) is 1.63. The highest BCUT2D eigenvalue weighted by Gasteiger charge is 2.37. The fourth-order valence-corrected chi connectivity index (χ4v) is 3.61. The van der Waals surface area contributed by atoms with Gasteiger partial charge in [-0.2, -0.15) is 0 Å². The van der Waals surface area contributed by atoms with E-state index in [2.05, 4.69) is 17.0 Å². The molecule has 0 atom stereocenters. The Kier molecular flexibility index (Phi) is 4.73. The van der Waals surface area contributed by atoms with E-state index in [0.29, 0.717) is 24.2 Å². The topological polar surface area (TPSA) is 60.9 Å². The summed E-state index contributed by atoms with van der Waals surface area (Å²) in [5.74, 6) is -0.942. The highest BCUT2D eigenvalue weighted by molar-refractivity contribution is 6.22. The molecular weight excluding hydrogens is 342 g/mol. The third-order valence-electron chi connectivity index (χ3n) is 5.15. The van der Waals surface area contributed by atoms with Crippen molar-refractivity contribution in [2.24, 2.45) is 0 Å². The van der Waals surface area contributed by atoms with Gasteiger partial charge in [-0.3, -0.25) is 24.2 Å². The van der Waals surface area contributed by atoms with Gasteiger partial charge in [0.15, 0.2) is 0 Å². The van der Waals surface area contributed by atoms with E-state index in [1.807, 2.05) is 18.2 Å². The zero-order valence-corrected chi connectivity index (χ0v) is 15.0. The van der Waals surface area contributed by atoms with E-state index in [0.717, 1.165) is 24.5 Å². The minimum absolute atomic E-state index is 0.177. The molecule has 2 aromatic rings. The summed E-state index contributed by atoms with van der Waals surface area (Å²) >= 11 is 0. The van der Waals surface area contributed by atoms with E-state index in [4.69, 9.17) is 0 Å². The van der Waals surface area contributed by atoms with Crippen LogP contribution in [0, 0.1) is 0 Å². The van der Waals surface area contributed by atoms with Crippen LogP contribution in [0.25, 0.3) is 0 Å². The summed E-state index contributed by atoms with van der Waals surface area (Å²) in [6.07, 6.45) is 0. The lowest BCUT2D eigenvalue weighted by atomic mass is 10.1. The number of rotatable bonds is 4. The second-order valence-corrected chi connectivity index (χ2v) is 6.88. The first kappa shape index (κ1) is 17.4. The molecular formula is C21H21N3O3. The molecule has 1 fully saturated rings. The number of piperazine rings is 1. The van der Waals surface area contributed by atoms with Crippen molar-refractivity contribution in [3.05, 3.63) is 71.3 Å². The highest BCUT2D eigenvalue weighted by Crippen LogP contribution is 2.22. The zero-order chi connectivity index (χ0) is 18.8. The first-order chi connectivity index (χ1) is 13.1. The molecule has 2 aromatic carbocycles. The number of benzene rings is 2. The van der Waals surface area contributed by atoms with E-state index in [9.17, 15) is 14.4 Å². The van der Waals surface area contributed by atoms with Crippen LogP contribution >= 0.6 is 0 Å². The monoisotopic (exact) mass is 363 g/mol. The third kappa shape index (κ3) is 3.48. The summed E-state index contributed by atoms with van der Waals surface area (Å²) in [5.41, 5.74) is 2.01. The second kappa shape index (κ2) is 7.32. The molecule has 0 saturated carbocycles. The standard InChI is InChI=1S/C21H21N3O3/c25-19(15-24-20(26)17-8-4-5-9-18(17)21(24)27)23-12-10-22(11-13-23)14-16-6-2-1-3-7-16/h1-9H,10-15H2. The second-order valence-electron chi connectivity index (χ2n) is 6.88. The van der Waals surface area contributed by atoms with E-state index in [1.54, 1.807) is 29.2 Å². The molecule has 0 aliphatic carbocycles. The smallest absolute Gasteiger partial charge is 0.262 e. The van der Waals surface area contributed by atoms with Gasteiger partial charge in [0, 0.05) is 32.7 Å². The molecule has 3 amide bonds. The molecule has 0 unspecified atom stereocenters. The number of carbonyl (C=O) groups excluding carboxylic acids is 3. The van der Waals surface area contributed by atoms with Gasteiger partial charge in [-0.1, -0.05) is 42.5 Å². The molecule has 138 valence electrons. The number of nitrogens with zero attached hydrogens (tertiary/aromatic N) is 3. The predicted molar refractivity (Wildman–Crippen MR) is 100 cm³/mol. The molecule has 0 radical (unpaired) electrons. The van der Waals surface area contributed by atoms with Crippen molar-refractivity contribution in [3.8, 4) is 0 Å². The summed E-state index contributed by atoms with van der Waals surface area (Å²) in [6, 6.07) is 16.9.